The van der Waals surface area contributed by atoms with Crippen molar-refractivity contribution in [3.8, 4) is 0 Å². The van der Waals surface area contributed by atoms with Crippen molar-refractivity contribution >= 4 is 11.9 Å². The van der Waals surface area contributed by atoms with E-state index < -0.39 is 35.8 Å². The SMILES string of the molecule is COC(=O)[C@H](Cc1cccc(C(F)(F)F)c1)NC(=O)[C@H](OC)c1ccccc1. The Balaban J connectivity index is 2.20. The van der Waals surface area contributed by atoms with Gasteiger partial charge in [-0.25, -0.2) is 4.79 Å². The summed E-state index contributed by atoms with van der Waals surface area (Å²) in [5.41, 5.74) is -0.0246. The zero-order chi connectivity index (χ0) is 20.7. The molecule has 0 bridgehead atoms. The molecule has 1 amide bonds. The maximum atomic E-state index is 12.9. The monoisotopic (exact) mass is 395 g/mol. The molecule has 8 heteroatoms. The van der Waals surface area contributed by atoms with E-state index in [1.807, 2.05) is 0 Å². The van der Waals surface area contributed by atoms with E-state index in [1.54, 1.807) is 30.3 Å². The minimum atomic E-state index is -4.51. The van der Waals surface area contributed by atoms with Gasteiger partial charge in [-0.15, -0.1) is 0 Å². The van der Waals surface area contributed by atoms with Crippen molar-refractivity contribution < 1.29 is 32.2 Å². The molecular weight excluding hydrogens is 375 g/mol. The van der Waals surface area contributed by atoms with E-state index in [1.165, 1.54) is 19.2 Å². The second kappa shape index (κ2) is 9.36. The fourth-order valence-corrected chi connectivity index (χ4v) is 2.72. The largest absolute Gasteiger partial charge is 0.467 e. The highest BCUT2D eigenvalue weighted by Crippen LogP contribution is 2.29. The van der Waals surface area contributed by atoms with E-state index in [4.69, 9.17) is 4.74 Å². The van der Waals surface area contributed by atoms with Gasteiger partial charge in [0, 0.05) is 13.5 Å². The van der Waals surface area contributed by atoms with Crippen LogP contribution in [0.1, 0.15) is 22.8 Å². The van der Waals surface area contributed by atoms with Crippen LogP contribution in [0.15, 0.2) is 54.6 Å². The molecule has 2 aromatic rings. The molecule has 2 atom stereocenters. The summed E-state index contributed by atoms with van der Waals surface area (Å²) >= 11 is 0. The van der Waals surface area contributed by atoms with E-state index in [0.717, 1.165) is 19.2 Å². The summed E-state index contributed by atoms with van der Waals surface area (Å²) in [7, 11) is 2.48. The molecule has 2 rings (SSSR count). The van der Waals surface area contributed by atoms with Crippen LogP contribution in [0.3, 0.4) is 0 Å². The van der Waals surface area contributed by atoms with Crippen molar-refractivity contribution in [2.75, 3.05) is 14.2 Å². The second-order valence-corrected chi connectivity index (χ2v) is 6.01. The van der Waals surface area contributed by atoms with Crippen LogP contribution in [-0.4, -0.2) is 32.1 Å². The molecule has 0 aliphatic rings. The first-order valence-electron chi connectivity index (χ1n) is 8.38. The van der Waals surface area contributed by atoms with Crippen LogP contribution < -0.4 is 5.32 Å². The molecule has 0 aliphatic heterocycles. The summed E-state index contributed by atoms with van der Waals surface area (Å²) < 4.78 is 48.6. The number of hydrogen-bond acceptors (Lipinski definition) is 4. The second-order valence-electron chi connectivity index (χ2n) is 6.01. The van der Waals surface area contributed by atoms with Crippen molar-refractivity contribution in [1.29, 1.82) is 0 Å². The molecule has 0 unspecified atom stereocenters. The van der Waals surface area contributed by atoms with Gasteiger partial charge in [0.05, 0.1) is 12.7 Å². The van der Waals surface area contributed by atoms with Crippen LogP contribution in [0.5, 0.6) is 0 Å². The van der Waals surface area contributed by atoms with Crippen molar-refractivity contribution in [3.05, 3.63) is 71.3 Å². The van der Waals surface area contributed by atoms with Crippen LogP contribution in [0.2, 0.25) is 0 Å². The average Bonchev–Trinajstić information content (AvgIpc) is 2.68. The molecule has 0 heterocycles. The fraction of sp³-hybridized carbons (Fsp3) is 0.300. The first-order chi connectivity index (χ1) is 13.3. The van der Waals surface area contributed by atoms with Gasteiger partial charge < -0.3 is 14.8 Å². The lowest BCUT2D eigenvalue weighted by Crippen LogP contribution is -2.45. The lowest BCUT2D eigenvalue weighted by molar-refractivity contribution is -0.146. The normalized spacial score (nSPS) is 13.5. The van der Waals surface area contributed by atoms with Gasteiger partial charge in [0.2, 0.25) is 0 Å². The molecule has 0 spiro atoms. The number of carbonyl (C=O) groups is 2. The van der Waals surface area contributed by atoms with E-state index >= 15 is 0 Å². The van der Waals surface area contributed by atoms with Crippen LogP contribution in [0, 0.1) is 0 Å². The zero-order valence-corrected chi connectivity index (χ0v) is 15.3. The number of carbonyl (C=O) groups excluding carboxylic acids is 2. The quantitative estimate of drug-likeness (QED) is 0.731. The van der Waals surface area contributed by atoms with Gasteiger partial charge in [-0.05, 0) is 17.2 Å². The number of esters is 1. The fourth-order valence-electron chi connectivity index (χ4n) is 2.72. The lowest BCUT2D eigenvalue weighted by atomic mass is 10.0. The molecule has 0 aliphatic carbocycles. The summed E-state index contributed by atoms with van der Waals surface area (Å²) in [4.78, 5) is 24.7. The lowest BCUT2D eigenvalue weighted by Gasteiger charge is -2.21. The van der Waals surface area contributed by atoms with Crippen LogP contribution in [0.25, 0.3) is 0 Å². The molecular formula is C20H20F3NO4. The highest BCUT2D eigenvalue weighted by Gasteiger charge is 2.31. The zero-order valence-electron chi connectivity index (χ0n) is 15.3. The standard InChI is InChI=1S/C20H20F3NO4/c1-27-17(14-8-4-3-5-9-14)18(25)24-16(19(26)28-2)12-13-7-6-10-15(11-13)20(21,22)23/h3-11,16-17H,12H2,1-2H3,(H,24,25)/t16-,17+/m0/s1. The minimum absolute atomic E-state index is 0.159. The van der Waals surface area contributed by atoms with Crippen LogP contribution >= 0.6 is 0 Å². The van der Waals surface area contributed by atoms with Gasteiger partial charge in [-0.1, -0.05) is 48.5 Å². The van der Waals surface area contributed by atoms with Gasteiger partial charge in [0.15, 0.2) is 6.10 Å². The van der Waals surface area contributed by atoms with Crippen molar-refractivity contribution in [3.63, 3.8) is 0 Å². The maximum absolute atomic E-state index is 12.9. The number of benzene rings is 2. The maximum Gasteiger partial charge on any atom is 0.416 e. The average molecular weight is 395 g/mol. The van der Waals surface area contributed by atoms with Crippen molar-refractivity contribution in [2.45, 2.75) is 24.7 Å². The third-order valence-electron chi connectivity index (χ3n) is 4.07. The van der Waals surface area contributed by atoms with E-state index in [-0.39, 0.29) is 12.0 Å². The summed E-state index contributed by atoms with van der Waals surface area (Å²) in [5, 5.41) is 2.50. The number of rotatable bonds is 7. The molecule has 0 radical (unpaired) electrons. The van der Waals surface area contributed by atoms with E-state index in [0.29, 0.717) is 5.56 Å². The number of halogens is 3. The Morgan fingerprint density at radius 3 is 2.29 bits per heavy atom. The molecule has 0 aromatic heterocycles. The number of ether oxygens (including phenoxy) is 2. The first-order valence-corrected chi connectivity index (χ1v) is 8.38. The molecule has 1 N–H and O–H groups in total. The Morgan fingerprint density at radius 1 is 1.04 bits per heavy atom. The topological polar surface area (TPSA) is 64.6 Å². The molecule has 0 fully saturated rings. The summed E-state index contributed by atoms with van der Waals surface area (Å²) in [6.45, 7) is 0. The third-order valence-corrected chi connectivity index (χ3v) is 4.07. The minimum Gasteiger partial charge on any atom is -0.467 e. The number of nitrogens with one attached hydrogen (secondary N) is 1. The van der Waals surface area contributed by atoms with E-state index in [2.05, 4.69) is 10.1 Å². The molecule has 0 saturated carbocycles. The Hall–Kier alpha value is -2.87. The van der Waals surface area contributed by atoms with Gasteiger partial charge in [-0.2, -0.15) is 13.2 Å². The molecule has 150 valence electrons. The predicted molar refractivity (Wildman–Crippen MR) is 95.3 cm³/mol. The Kier molecular flexibility index (Phi) is 7.17. The van der Waals surface area contributed by atoms with Crippen LogP contribution in [-0.2, 0) is 31.7 Å². The van der Waals surface area contributed by atoms with Crippen molar-refractivity contribution in [1.82, 2.24) is 5.32 Å². The number of hydrogen-bond donors (Lipinski definition) is 1. The summed E-state index contributed by atoms with van der Waals surface area (Å²) in [5.74, 6) is -1.37. The Morgan fingerprint density at radius 2 is 1.71 bits per heavy atom. The molecule has 2 aromatic carbocycles. The third kappa shape index (κ3) is 5.56. The molecule has 5 nitrogen and oxygen atoms in total. The Labute approximate surface area is 160 Å². The highest BCUT2D eigenvalue weighted by molar-refractivity contribution is 5.87. The van der Waals surface area contributed by atoms with Gasteiger partial charge in [0.1, 0.15) is 6.04 Å². The van der Waals surface area contributed by atoms with Gasteiger partial charge in [-0.3, -0.25) is 4.79 Å². The van der Waals surface area contributed by atoms with Crippen LogP contribution in [0.4, 0.5) is 13.2 Å². The molecule has 28 heavy (non-hydrogen) atoms. The number of alkyl halides is 3. The van der Waals surface area contributed by atoms with E-state index in [9.17, 15) is 22.8 Å². The van der Waals surface area contributed by atoms with Gasteiger partial charge >= 0.3 is 12.1 Å². The number of amides is 1. The highest BCUT2D eigenvalue weighted by atomic mass is 19.4. The molecule has 0 saturated heterocycles. The smallest absolute Gasteiger partial charge is 0.416 e. The summed E-state index contributed by atoms with van der Waals surface area (Å²) in [6, 6.07) is 12.0. The first kappa shape index (κ1) is 21.4. The Bertz CT molecular complexity index is 809. The van der Waals surface area contributed by atoms with Crippen molar-refractivity contribution in [2.24, 2.45) is 0 Å². The number of methoxy groups -OCH3 is 2. The predicted octanol–water partition coefficient (Wildman–Crippen LogP) is 3.29. The van der Waals surface area contributed by atoms with Gasteiger partial charge in [0.25, 0.3) is 5.91 Å². The summed E-state index contributed by atoms with van der Waals surface area (Å²) in [6.07, 6.45) is -5.64.